The number of piperidine rings is 1. The number of halogens is 2. The molecule has 2 aromatic carbocycles. The molecule has 1 atom stereocenters. The van der Waals surface area contributed by atoms with Gasteiger partial charge in [0, 0.05) is 31.4 Å². The lowest BCUT2D eigenvalue weighted by molar-refractivity contribution is -0.126. The van der Waals surface area contributed by atoms with Gasteiger partial charge >= 0.3 is 6.03 Å². The number of carbonyl (C=O) groups excluding carboxylic acids is 2. The molecule has 3 rings (SSSR count). The molecule has 2 N–H and O–H groups in total. The Hall–Kier alpha value is -2.96. The third kappa shape index (κ3) is 5.28. The summed E-state index contributed by atoms with van der Waals surface area (Å²) in [5.74, 6) is -1.94. The van der Waals surface area contributed by atoms with E-state index in [0.29, 0.717) is 37.2 Å². The van der Waals surface area contributed by atoms with Crippen molar-refractivity contribution in [2.75, 3.05) is 18.4 Å². The molecule has 1 heterocycles. The highest BCUT2D eigenvalue weighted by atomic mass is 19.1. The van der Waals surface area contributed by atoms with E-state index in [1.54, 1.807) is 4.90 Å². The maximum atomic E-state index is 13.2. The molecule has 1 saturated heterocycles. The number of likely N-dealkylation sites (tertiary alicyclic amines) is 1. The van der Waals surface area contributed by atoms with Crippen LogP contribution in [0.25, 0.3) is 0 Å². The lowest BCUT2D eigenvalue weighted by Gasteiger charge is -2.32. The molecule has 0 aromatic heterocycles. The van der Waals surface area contributed by atoms with Crippen molar-refractivity contribution in [1.29, 1.82) is 0 Å². The Labute approximate surface area is 162 Å². The Morgan fingerprint density at radius 2 is 1.89 bits per heavy atom. The SMILES string of the molecule is Cc1cccc(NC(=O)N2CCCC(C(=O)NCc3cc(F)cc(F)c3)C2)c1. The van der Waals surface area contributed by atoms with Crippen molar-refractivity contribution in [3.05, 3.63) is 65.2 Å². The number of nitrogens with zero attached hydrogens (tertiary/aromatic N) is 1. The molecule has 1 aliphatic rings. The van der Waals surface area contributed by atoms with Crippen LogP contribution in [-0.2, 0) is 11.3 Å². The molecule has 1 fully saturated rings. The van der Waals surface area contributed by atoms with E-state index in [1.807, 2.05) is 31.2 Å². The molecular weight excluding hydrogens is 364 g/mol. The molecule has 0 radical (unpaired) electrons. The summed E-state index contributed by atoms with van der Waals surface area (Å²) in [7, 11) is 0. The number of hydrogen-bond acceptors (Lipinski definition) is 2. The van der Waals surface area contributed by atoms with Crippen LogP contribution >= 0.6 is 0 Å². The molecule has 0 bridgehead atoms. The van der Waals surface area contributed by atoms with Gasteiger partial charge in [-0.3, -0.25) is 4.79 Å². The van der Waals surface area contributed by atoms with E-state index in [-0.39, 0.29) is 24.4 Å². The number of anilines is 1. The predicted octanol–water partition coefficient (Wildman–Crippen LogP) is 3.83. The van der Waals surface area contributed by atoms with Gasteiger partial charge in [0.2, 0.25) is 5.91 Å². The highest BCUT2D eigenvalue weighted by molar-refractivity contribution is 5.90. The lowest BCUT2D eigenvalue weighted by atomic mass is 9.97. The Kier molecular flexibility index (Phi) is 6.23. The summed E-state index contributed by atoms with van der Waals surface area (Å²) in [6.45, 7) is 2.87. The minimum Gasteiger partial charge on any atom is -0.352 e. The number of rotatable bonds is 4. The molecule has 148 valence electrons. The highest BCUT2D eigenvalue weighted by Crippen LogP contribution is 2.19. The number of carbonyl (C=O) groups is 2. The van der Waals surface area contributed by atoms with Gasteiger partial charge in [-0.05, 0) is 55.2 Å². The van der Waals surface area contributed by atoms with Crippen LogP contribution < -0.4 is 10.6 Å². The van der Waals surface area contributed by atoms with Gasteiger partial charge in [0.05, 0.1) is 5.92 Å². The quantitative estimate of drug-likeness (QED) is 0.838. The minimum atomic E-state index is -0.680. The number of benzene rings is 2. The van der Waals surface area contributed by atoms with Crippen molar-refractivity contribution >= 4 is 17.6 Å². The van der Waals surface area contributed by atoms with E-state index < -0.39 is 11.6 Å². The van der Waals surface area contributed by atoms with Gasteiger partial charge < -0.3 is 15.5 Å². The molecule has 3 amide bonds. The molecule has 5 nitrogen and oxygen atoms in total. The lowest BCUT2D eigenvalue weighted by Crippen LogP contribution is -2.46. The van der Waals surface area contributed by atoms with Crippen LogP contribution in [0.1, 0.15) is 24.0 Å². The van der Waals surface area contributed by atoms with Gasteiger partial charge in [0.15, 0.2) is 0 Å². The molecule has 7 heteroatoms. The van der Waals surface area contributed by atoms with E-state index in [1.165, 1.54) is 12.1 Å². The van der Waals surface area contributed by atoms with Crippen molar-refractivity contribution in [3.63, 3.8) is 0 Å². The normalized spacial score (nSPS) is 16.5. The van der Waals surface area contributed by atoms with E-state index in [4.69, 9.17) is 0 Å². The predicted molar refractivity (Wildman–Crippen MR) is 103 cm³/mol. The molecule has 0 spiro atoms. The van der Waals surface area contributed by atoms with Crippen LogP contribution in [0, 0.1) is 24.5 Å². The standard InChI is InChI=1S/C21H23F2N3O2/c1-14-4-2-6-19(8-14)25-21(28)26-7-3-5-16(13-26)20(27)24-12-15-9-17(22)11-18(23)10-15/h2,4,6,8-11,16H,3,5,7,12-13H2,1H3,(H,24,27)(H,25,28). The molecule has 0 aliphatic carbocycles. The van der Waals surface area contributed by atoms with Crippen LogP contribution in [0.3, 0.4) is 0 Å². The number of nitrogens with one attached hydrogen (secondary N) is 2. The van der Waals surface area contributed by atoms with Gasteiger partial charge in [-0.15, -0.1) is 0 Å². The Balaban J connectivity index is 1.54. The maximum Gasteiger partial charge on any atom is 0.321 e. The van der Waals surface area contributed by atoms with E-state index in [9.17, 15) is 18.4 Å². The average molecular weight is 387 g/mol. The minimum absolute atomic E-state index is 0.0412. The number of amides is 3. The third-order valence-electron chi connectivity index (χ3n) is 4.74. The first-order valence-electron chi connectivity index (χ1n) is 9.26. The summed E-state index contributed by atoms with van der Waals surface area (Å²) in [4.78, 5) is 26.6. The van der Waals surface area contributed by atoms with Gasteiger partial charge in [-0.2, -0.15) is 0 Å². The van der Waals surface area contributed by atoms with Gasteiger partial charge in [-0.25, -0.2) is 13.6 Å². The largest absolute Gasteiger partial charge is 0.352 e. The molecular formula is C21H23F2N3O2. The van der Waals surface area contributed by atoms with Crippen LogP contribution in [-0.4, -0.2) is 29.9 Å². The van der Waals surface area contributed by atoms with E-state index in [0.717, 1.165) is 11.6 Å². The molecule has 0 saturated carbocycles. The van der Waals surface area contributed by atoms with Gasteiger partial charge in [0.25, 0.3) is 0 Å². The molecule has 28 heavy (non-hydrogen) atoms. The number of aryl methyl sites for hydroxylation is 1. The van der Waals surface area contributed by atoms with Crippen molar-refractivity contribution in [2.24, 2.45) is 5.92 Å². The zero-order valence-electron chi connectivity index (χ0n) is 15.7. The zero-order chi connectivity index (χ0) is 20.1. The Bertz CT molecular complexity index is 852. The molecule has 1 unspecified atom stereocenters. The summed E-state index contributed by atoms with van der Waals surface area (Å²) in [6.07, 6.45) is 1.38. The van der Waals surface area contributed by atoms with Crippen molar-refractivity contribution in [3.8, 4) is 0 Å². The number of urea groups is 1. The molecule has 2 aromatic rings. The third-order valence-corrected chi connectivity index (χ3v) is 4.74. The fourth-order valence-corrected chi connectivity index (χ4v) is 3.35. The monoisotopic (exact) mass is 387 g/mol. The number of hydrogen-bond donors (Lipinski definition) is 2. The Morgan fingerprint density at radius 3 is 2.61 bits per heavy atom. The summed E-state index contributed by atoms with van der Waals surface area (Å²) in [5.41, 5.74) is 2.11. The second-order valence-electron chi connectivity index (χ2n) is 7.08. The second-order valence-corrected chi connectivity index (χ2v) is 7.08. The smallest absolute Gasteiger partial charge is 0.321 e. The fraction of sp³-hybridized carbons (Fsp3) is 0.333. The van der Waals surface area contributed by atoms with E-state index >= 15 is 0 Å². The topological polar surface area (TPSA) is 61.4 Å². The first-order valence-corrected chi connectivity index (χ1v) is 9.26. The Morgan fingerprint density at radius 1 is 1.14 bits per heavy atom. The van der Waals surface area contributed by atoms with Crippen molar-refractivity contribution in [2.45, 2.75) is 26.3 Å². The summed E-state index contributed by atoms with van der Waals surface area (Å²) in [6, 6.07) is 10.4. The first kappa shape index (κ1) is 19.8. The molecule has 1 aliphatic heterocycles. The van der Waals surface area contributed by atoms with Crippen LogP contribution in [0.5, 0.6) is 0 Å². The summed E-state index contributed by atoms with van der Waals surface area (Å²) < 4.78 is 26.5. The van der Waals surface area contributed by atoms with Crippen molar-refractivity contribution < 1.29 is 18.4 Å². The highest BCUT2D eigenvalue weighted by Gasteiger charge is 2.28. The summed E-state index contributed by atoms with van der Waals surface area (Å²) >= 11 is 0. The first-order chi connectivity index (χ1) is 13.4. The van der Waals surface area contributed by atoms with Crippen LogP contribution in [0.4, 0.5) is 19.3 Å². The van der Waals surface area contributed by atoms with Crippen LogP contribution in [0.2, 0.25) is 0 Å². The second kappa shape index (κ2) is 8.82. The fourth-order valence-electron chi connectivity index (χ4n) is 3.35. The average Bonchev–Trinajstić information content (AvgIpc) is 2.65. The van der Waals surface area contributed by atoms with Gasteiger partial charge in [-0.1, -0.05) is 12.1 Å². The zero-order valence-corrected chi connectivity index (χ0v) is 15.7. The van der Waals surface area contributed by atoms with Crippen LogP contribution in [0.15, 0.2) is 42.5 Å². The maximum absolute atomic E-state index is 13.2. The van der Waals surface area contributed by atoms with E-state index in [2.05, 4.69) is 10.6 Å². The van der Waals surface area contributed by atoms with Crippen molar-refractivity contribution in [1.82, 2.24) is 10.2 Å². The van der Waals surface area contributed by atoms with Gasteiger partial charge in [0.1, 0.15) is 11.6 Å². The summed E-state index contributed by atoms with van der Waals surface area (Å²) in [5, 5.41) is 5.56.